The van der Waals surface area contributed by atoms with Crippen molar-refractivity contribution in [3.63, 3.8) is 0 Å². The van der Waals surface area contributed by atoms with Crippen LogP contribution < -0.4 is 10.6 Å². The lowest BCUT2D eigenvalue weighted by Crippen LogP contribution is -2.39. The number of aryl methyl sites for hydroxylation is 1. The quantitative estimate of drug-likeness (QED) is 0.753. The number of aliphatic hydroxyl groups excluding tert-OH is 1. The smallest absolute Gasteiger partial charge is 0.315 e. The Kier molecular flexibility index (Phi) is 5.71. The van der Waals surface area contributed by atoms with Crippen LogP contribution in [-0.2, 0) is 13.1 Å². The predicted octanol–water partition coefficient (Wildman–Crippen LogP) is 2.20. The molecule has 1 aromatic heterocycles. The average molecular weight is 342 g/mol. The van der Waals surface area contributed by atoms with Gasteiger partial charge in [-0.25, -0.2) is 9.78 Å². The molecule has 25 heavy (non-hydrogen) atoms. The van der Waals surface area contributed by atoms with E-state index in [2.05, 4.69) is 32.3 Å². The maximum absolute atomic E-state index is 11.9. The molecule has 2 atom stereocenters. The Bertz CT molecular complexity index is 713. The van der Waals surface area contributed by atoms with Gasteiger partial charge in [0.05, 0.1) is 6.10 Å². The van der Waals surface area contributed by atoms with Crippen LogP contribution >= 0.6 is 0 Å². The Labute approximate surface area is 148 Å². The number of carbonyl (C=O) groups is 1. The van der Waals surface area contributed by atoms with Gasteiger partial charge < -0.3 is 20.3 Å². The highest BCUT2D eigenvalue weighted by molar-refractivity contribution is 5.73. The first kappa shape index (κ1) is 17.5. The monoisotopic (exact) mass is 342 g/mol. The molecule has 3 rings (SSSR count). The number of aromatic nitrogens is 2. The Balaban J connectivity index is 1.47. The number of imidazole rings is 1. The molecule has 2 aromatic rings. The molecule has 0 spiro atoms. The summed E-state index contributed by atoms with van der Waals surface area (Å²) in [6.07, 6.45) is 6.35. The molecule has 1 aromatic carbocycles. The van der Waals surface area contributed by atoms with Crippen LogP contribution in [0.4, 0.5) is 4.79 Å². The predicted molar refractivity (Wildman–Crippen MR) is 96.1 cm³/mol. The van der Waals surface area contributed by atoms with Gasteiger partial charge in [-0.3, -0.25) is 0 Å². The van der Waals surface area contributed by atoms with E-state index in [9.17, 15) is 9.90 Å². The molecule has 0 radical (unpaired) electrons. The largest absolute Gasteiger partial charge is 0.393 e. The van der Waals surface area contributed by atoms with Crippen molar-refractivity contribution < 1.29 is 9.90 Å². The minimum atomic E-state index is -0.274. The second kappa shape index (κ2) is 8.16. The van der Waals surface area contributed by atoms with E-state index in [4.69, 9.17) is 0 Å². The van der Waals surface area contributed by atoms with Crippen LogP contribution in [0, 0.1) is 12.8 Å². The second-order valence-electron chi connectivity index (χ2n) is 6.74. The van der Waals surface area contributed by atoms with Crippen LogP contribution in [0.2, 0.25) is 0 Å². The molecule has 2 amide bonds. The molecule has 6 heteroatoms. The summed E-state index contributed by atoms with van der Waals surface area (Å²) in [5.41, 5.74) is 2.24. The van der Waals surface area contributed by atoms with Gasteiger partial charge in [0, 0.05) is 37.9 Å². The minimum Gasteiger partial charge on any atom is -0.393 e. The number of urea groups is 1. The lowest BCUT2D eigenvalue weighted by Gasteiger charge is -2.15. The molecule has 0 saturated heterocycles. The van der Waals surface area contributed by atoms with E-state index in [0.29, 0.717) is 13.1 Å². The van der Waals surface area contributed by atoms with Gasteiger partial charge in [0.1, 0.15) is 5.82 Å². The molecule has 0 unspecified atom stereocenters. The van der Waals surface area contributed by atoms with Crippen LogP contribution in [0.1, 0.15) is 36.2 Å². The highest BCUT2D eigenvalue weighted by Gasteiger charge is 2.25. The van der Waals surface area contributed by atoms with E-state index in [1.165, 1.54) is 5.56 Å². The van der Waals surface area contributed by atoms with Crippen molar-refractivity contribution >= 4 is 6.03 Å². The van der Waals surface area contributed by atoms with E-state index in [1.54, 1.807) is 6.20 Å². The fourth-order valence-electron chi connectivity index (χ4n) is 3.33. The lowest BCUT2D eigenvalue weighted by molar-refractivity contribution is 0.132. The van der Waals surface area contributed by atoms with Gasteiger partial charge in [-0.05, 0) is 30.9 Å². The second-order valence-corrected chi connectivity index (χ2v) is 6.74. The zero-order chi connectivity index (χ0) is 17.6. The van der Waals surface area contributed by atoms with Gasteiger partial charge in [-0.1, -0.05) is 30.7 Å². The van der Waals surface area contributed by atoms with Crippen molar-refractivity contribution in [3.8, 4) is 0 Å². The van der Waals surface area contributed by atoms with Gasteiger partial charge >= 0.3 is 6.03 Å². The van der Waals surface area contributed by atoms with Crippen molar-refractivity contribution in [2.75, 3.05) is 6.54 Å². The fraction of sp³-hybridized carbons (Fsp3) is 0.474. The van der Waals surface area contributed by atoms with Crippen LogP contribution in [-0.4, -0.2) is 33.3 Å². The summed E-state index contributed by atoms with van der Waals surface area (Å²) in [6, 6.07) is 8.00. The summed E-state index contributed by atoms with van der Waals surface area (Å²) in [7, 11) is 0. The molecule has 1 aliphatic carbocycles. The van der Waals surface area contributed by atoms with E-state index in [0.717, 1.165) is 37.2 Å². The molecule has 134 valence electrons. The summed E-state index contributed by atoms with van der Waals surface area (Å²) in [5, 5.41) is 15.5. The van der Waals surface area contributed by atoms with Crippen LogP contribution in [0.15, 0.2) is 36.7 Å². The van der Waals surface area contributed by atoms with Gasteiger partial charge in [-0.15, -0.1) is 0 Å². The number of nitrogens with one attached hydrogen (secondary N) is 2. The van der Waals surface area contributed by atoms with Crippen LogP contribution in [0.5, 0.6) is 0 Å². The van der Waals surface area contributed by atoms with E-state index >= 15 is 0 Å². The van der Waals surface area contributed by atoms with Gasteiger partial charge in [0.25, 0.3) is 0 Å². The number of benzene rings is 1. The van der Waals surface area contributed by atoms with Crippen molar-refractivity contribution in [3.05, 3.63) is 53.6 Å². The third-order valence-corrected chi connectivity index (χ3v) is 4.86. The van der Waals surface area contributed by atoms with Crippen molar-refractivity contribution in [1.82, 2.24) is 20.2 Å². The van der Waals surface area contributed by atoms with E-state index < -0.39 is 0 Å². The Morgan fingerprint density at radius 1 is 1.32 bits per heavy atom. The first-order valence-corrected chi connectivity index (χ1v) is 8.87. The topological polar surface area (TPSA) is 79.2 Å². The molecule has 1 fully saturated rings. The van der Waals surface area contributed by atoms with Crippen LogP contribution in [0.3, 0.4) is 0 Å². The molecule has 1 aliphatic rings. The summed E-state index contributed by atoms with van der Waals surface area (Å²) in [5.74, 6) is 1.17. The number of nitrogens with zero attached hydrogens (tertiary/aromatic N) is 2. The number of rotatable bonds is 6. The number of carbonyl (C=O) groups excluding carboxylic acids is 1. The minimum absolute atomic E-state index is 0.185. The van der Waals surface area contributed by atoms with E-state index in [-0.39, 0.29) is 18.1 Å². The lowest BCUT2D eigenvalue weighted by atomic mass is 10.1. The maximum Gasteiger partial charge on any atom is 0.315 e. The molecular weight excluding hydrogens is 316 g/mol. The number of hydrogen-bond donors (Lipinski definition) is 3. The SMILES string of the molecule is Cc1nccn1Cc1cccc(CNC(=O)NC[C@H]2CCC[C@@H]2O)c1. The molecular formula is C19H26N4O2. The third kappa shape index (κ3) is 4.82. The molecule has 0 aliphatic heterocycles. The van der Waals surface area contributed by atoms with E-state index in [1.807, 2.05) is 25.3 Å². The van der Waals surface area contributed by atoms with Crippen molar-refractivity contribution in [2.24, 2.45) is 5.92 Å². The van der Waals surface area contributed by atoms with Crippen molar-refractivity contribution in [1.29, 1.82) is 0 Å². The van der Waals surface area contributed by atoms with Gasteiger partial charge in [-0.2, -0.15) is 0 Å². The van der Waals surface area contributed by atoms with Crippen LogP contribution in [0.25, 0.3) is 0 Å². The number of aliphatic hydroxyl groups is 1. The molecule has 3 N–H and O–H groups in total. The molecule has 6 nitrogen and oxygen atoms in total. The number of hydrogen-bond acceptors (Lipinski definition) is 3. The highest BCUT2D eigenvalue weighted by Crippen LogP contribution is 2.24. The Morgan fingerprint density at radius 2 is 2.16 bits per heavy atom. The summed E-state index contributed by atoms with van der Waals surface area (Å²) >= 11 is 0. The zero-order valence-corrected chi connectivity index (χ0v) is 14.6. The molecule has 1 saturated carbocycles. The maximum atomic E-state index is 11.9. The highest BCUT2D eigenvalue weighted by atomic mass is 16.3. The third-order valence-electron chi connectivity index (χ3n) is 4.86. The Hall–Kier alpha value is -2.34. The zero-order valence-electron chi connectivity index (χ0n) is 14.6. The average Bonchev–Trinajstić information content (AvgIpc) is 3.20. The normalized spacial score (nSPS) is 19.8. The molecule has 1 heterocycles. The van der Waals surface area contributed by atoms with Gasteiger partial charge in [0.15, 0.2) is 0 Å². The first-order chi connectivity index (χ1) is 12.1. The first-order valence-electron chi connectivity index (χ1n) is 8.87. The molecule has 0 bridgehead atoms. The van der Waals surface area contributed by atoms with Gasteiger partial charge in [0.2, 0.25) is 0 Å². The fourth-order valence-corrected chi connectivity index (χ4v) is 3.33. The standard InChI is InChI=1S/C19H26N4O2/c1-14-20-8-9-23(14)13-16-5-2-4-15(10-16)11-21-19(25)22-12-17-6-3-7-18(17)24/h2,4-5,8-10,17-18,24H,3,6-7,11-13H2,1H3,(H2,21,22,25)/t17-,18+/m1/s1. The number of amides is 2. The summed E-state index contributed by atoms with van der Waals surface area (Å²) in [6.45, 7) is 3.77. The summed E-state index contributed by atoms with van der Waals surface area (Å²) < 4.78 is 2.09. The summed E-state index contributed by atoms with van der Waals surface area (Å²) in [4.78, 5) is 16.2. The van der Waals surface area contributed by atoms with Crippen molar-refractivity contribution in [2.45, 2.75) is 45.4 Å². The Morgan fingerprint density at radius 3 is 2.88 bits per heavy atom.